The van der Waals surface area contributed by atoms with Crippen molar-refractivity contribution in [3.63, 3.8) is 0 Å². The molecule has 0 amide bonds. The molecule has 2 aromatic carbocycles. The van der Waals surface area contributed by atoms with Crippen LogP contribution < -0.4 is 15.6 Å². The second kappa shape index (κ2) is 7.12. The first-order valence-corrected chi connectivity index (χ1v) is 9.45. The summed E-state index contributed by atoms with van der Waals surface area (Å²) in [6, 6.07) is 10.9. The van der Waals surface area contributed by atoms with Gasteiger partial charge in [0.2, 0.25) is 0 Å². The van der Waals surface area contributed by atoms with Gasteiger partial charge in [0.05, 0.1) is 30.1 Å². The Labute approximate surface area is 170 Å². The van der Waals surface area contributed by atoms with Gasteiger partial charge in [-0.3, -0.25) is 4.79 Å². The summed E-state index contributed by atoms with van der Waals surface area (Å²) in [5.74, 6) is -3.76. The van der Waals surface area contributed by atoms with E-state index >= 15 is 0 Å². The Morgan fingerprint density at radius 3 is 2.60 bits per heavy atom. The van der Waals surface area contributed by atoms with Gasteiger partial charge in [0.1, 0.15) is 5.58 Å². The Hall–Kier alpha value is -3.42. The lowest BCUT2D eigenvalue weighted by Gasteiger charge is -2.38. The van der Waals surface area contributed by atoms with Crippen LogP contribution in [0.3, 0.4) is 0 Å². The molecule has 3 aromatic rings. The van der Waals surface area contributed by atoms with Crippen LogP contribution in [0.2, 0.25) is 0 Å². The summed E-state index contributed by atoms with van der Waals surface area (Å²) in [5, 5.41) is 12.9. The Morgan fingerprint density at radius 2 is 1.93 bits per heavy atom. The highest BCUT2D eigenvalue weighted by atomic mass is 19.3. The van der Waals surface area contributed by atoms with E-state index in [9.17, 15) is 23.5 Å². The summed E-state index contributed by atoms with van der Waals surface area (Å²) in [4.78, 5) is 25.5. The van der Waals surface area contributed by atoms with E-state index in [0.29, 0.717) is 22.2 Å². The first-order valence-electron chi connectivity index (χ1n) is 9.45. The number of nitrogens with zero attached hydrogens (tertiary/aromatic N) is 1. The van der Waals surface area contributed by atoms with E-state index < -0.39 is 31.0 Å². The number of nitrogens with one attached hydrogen (secondary N) is 1. The van der Waals surface area contributed by atoms with Gasteiger partial charge in [0, 0.05) is 17.3 Å². The normalized spacial score (nSPS) is 16.2. The molecule has 0 radical (unpaired) electrons. The maximum atomic E-state index is 13.3. The van der Waals surface area contributed by atoms with Crippen molar-refractivity contribution in [2.24, 2.45) is 0 Å². The molecule has 0 aliphatic carbocycles. The summed E-state index contributed by atoms with van der Waals surface area (Å²) >= 11 is 0. The Balaban J connectivity index is 1.77. The number of aryl methyl sites for hydroxylation is 1. The molecule has 30 heavy (non-hydrogen) atoms. The number of fused-ring (bicyclic) bond motifs is 1. The van der Waals surface area contributed by atoms with Crippen molar-refractivity contribution < 1.29 is 23.1 Å². The monoisotopic (exact) mass is 414 g/mol. The molecule has 156 valence electrons. The van der Waals surface area contributed by atoms with Crippen LogP contribution in [-0.4, -0.2) is 30.1 Å². The first-order chi connectivity index (χ1) is 14.1. The van der Waals surface area contributed by atoms with E-state index in [1.54, 1.807) is 24.3 Å². The maximum Gasteiger partial charge on any atom is 0.337 e. The van der Waals surface area contributed by atoms with Gasteiger partial charge < -0.3 is 19.7 Å². The molecule has 1 aromatic heterocycles. The molecule has 0 bridgehead atoms. The third kappa shape index (κ3) is 3.60. The van der Waals surface area contributed by atoms with Crippen LogP contribution in [0.1, 0.15) is 34.5 Å². The molecule has 4 rings (SSSR count). The fourth-order valence-corrected chi connectivity index (χ4v) is 3.67. The number of hydrogen-bond donors (Lipinski definition) is 2. The molecule has 2 N–H and O–H groups in total. The lowest BCUT2D eigenvalue weighted by Crippen LogP contribution is -2.56. The van der Waals surface area contributed by atoms with Crippen LogP contribution in [0.5, 0.6) is 0 Å². The number of aromatic carboxylic acids is 1. The third-order valence-corrected chi connectivity index (χ3v) is 5.14. The number of halogens is 2. The summed E-state index contributed by atoms with van der Waals surface area (Å²) in [6.07, 6.45) is 0. The summed E-state index contributed by atoms with van der Waals surface area (Å²) in [5.41, 5.74) is 1.99. The molecule has 8 heteroatoms. The smallest absolute Gasteiger partial charge is 0.337 e. The van der Waals surface area contributed by atoms with Crippen LogP contribution in [0, 0.1) is 6.92 Å². The molecule has 1 aliphatic rings. The van der Waals surface area contributed by atoms with Crippen molar-refractivity contribution in [2.45, 2.75) is 25.8 Å². The molecule has 6 nitrogen and oxygen atoms in total. The molecular formula is C22H20F2N2O4. The van der Waals surface area contributed by atoms with Gasteiger partial charge in [-0.2, -0.15) is 0 Å². The second-order valence-electron chi connectivity index (χ2n) is 7.61. The average Bonchev–Trinajstić information content (AvgIpc) is 2.66. The fraction of sp³-hybridized carbons (Fsp3) is 0.273. The molecule has 1 fully saturated rings. The Bertz CT molecular complexity index is 1200. The van der Waals surface area contributed by atoms with Crippen molar-refractivity contribution in [1.29, 1.82) is 0 Å². The predicted octanol–water partition coefficient (Wildman–Crippen LogP) is 4.43. The minimum atomic E-state index is -2.79. The number of carboxylic acids is 1. The maximum absolute atomic E-state index is 13.3. The number of rotatable bonds is 5. The van der Waals surface area contributed by atoms with Crippen LogP contribution >= 0.6 is 0 Å². The number of hydrogen-bond acceptors (Lipinski definition) is 5. The van der Waals surface area contributed by atoms with Gasteiger partial charge in [0.25, 0.3) is 5.92 Å². The number of benzene rings is 2. The molecule has 1 atom stereocenters. The van der Waals surface area contributed by atoms with Gasteiger partial charge in [-0.15, -0.1) is 0 Å². The Morgan fingerprint density at radius 1 is 1.23 bits per heavy atom. The summed E-state index contributed by atoms with van der Waals surface area (Å²) < 4.78 is 32.4. The average molecular weight is 414 g/mol. The molecular weight excluding hydrogens is 394 g/mol. The molecule has 2 heterocycles. The van der Waals surface area contributed by atoms with Crippen molar-refractivity contribution >= 4 is 28.5 Å². The highest BCUT2D eigenvalue weighted by molar-refractivity contribution is 5.94. The zero-order chi connectivity index (χ0) is 21.6. The predicted molar refractivity (Wildman–Crippen MR) is 110 cm³/mol. The van der Waals surface area contributed by atoms with Crippen LogP contribution in [-0.2, 0) is 0 Å². The number of carbonyl (C=O) groups is 1. The quantitative estimate of drug-likeness (QED) is 0.643. The topological polar surface area (TPSA) is 82.8 Å². The van der Waals surface area contributed by atoms with E-state index in [4.69, 9.17) is 4.42 Å². The molecule has 1 aliphatic heterocycles. The van der Waals surface area contributed by atoms with Crippen molar-refractivity contribution in [3.8, 4) is 0 Å². The minimum Gasteiger partial charge on any atom is -0.478 e. The number of para-hydroxylation sites is 1. The van der Waals surface area contributed by atoms with E-state index in [2.05, 4.69) is 5.32 Å². The van der Waals surface area contributed by atoms with Gasteiger partial charge in [-0.1, -0.05) is 18.2 Å². The first kappa shape index (κ1) is 19.9. The van der Waals surface area contributed by atoms with Crippen LogP contribution in [0.15, 0.2) is 51.7 Å². The standard InChI is InChI=1S/C22H20F2N2O4/c1-12-7-15(13(2)25-17-6-4-3-5-14(17)21(28)29)20-16(8-12)18(27)9-19(30-20)26-10-22(23,24)11-26/h3-9,13,25H,10-11H2,1-2H3,(H,28,29). The van der Waals surface area contributed by atoms with Crippen LogP contribution in [0.25, 0.3) is 11.0 Å². The number of anilines is 2. The summed E-state index contributed by atoms with van der Waals surface area (Å²) in [7, 11) is 0. The fourth-order valence-electron chi connectivity index (χ4n) is 3.67. The number of carboxylic acid groups (broad SMARTS) is 1. The van der Waals surface area contributed by atoms with Gasteiger partial charge in [0.15, 0.2) is 11.3 Å². The molecule has 0 spiro atoms. The molecule has 0 saturated carbocycles. The van der Waals surface area contributed by atoms with Gasteiger partial charge >= 0.3 is 5.97 Å². The minimum absolute atomic E-state index is 0.0988. The van der Waals surface area contributed by atoms with Gasteiger partial charge in [-0.05, 0) is 37.6 Å². The van der Waals surface area contributed by atoms with Gasteiger partial charge in [-0.25, -0.2) is 13.6 Å². The van der Waals surface area contributed by atoms with Crippen molar-refractivity contribution in [3.05, 3.63) is 69.4 Å². The van der Waals surface area contributed by atoms with E-state index in [1.807, 2.05) is 19.9 Å². The van der Waals surface area contributed by atoms with E-state index in [1.165, 1.54) is 17.0 Å². The van der Waals surface area contributed by atoms with Crippen molar-refractivity contribution in [2.75, 3.05) is 23.3 Å². The highest BCUT2D eigenvalue weighted by Gasteiger charge is 2.45. The lowest BCUT2D eigenvalue weighted by atomic mass is 10.0. The zero-order valence-corrected chi connectivity index (χ0v) is 16.4. The van der Waals surface area contributed by atoms with Crippen molar-refractivity contribution in [1.82, 2.24) is 0 Å². The van der Waals surface area contributed by atoms with E-state index in [-0.39, 0.29) is 16.9 Å². The third-order valence-electron chi connectivity index (χ3n) is 5.14. The lowest BCUT2D eigenvalue weighted by molar-refractivity contribution is -0.0283. The SMILES string of the molecule is Cc1cc(C(C)Nc2ccccc2C(=O)O)c2oc(N3CC(F)(F)C3)cc(=O)c2c1. The highest BCUT2D eigenvalue weighted by Crippen LogP contribution is 2.35. The Kier molecular flexibility index (Phi) is 4.72. The number of alkyl halides is 2. The molecule has 1 unspecified atom stereocenters. The molecule has 1 saturated heterocycles. The largest absolute Gasteiger partial charge is 0.478 e. The van der Waals surface area contributed by atoms with E-state index in [0.717, 1.165) is 5.56 Å². The zero-order valence-electron chi connectivity index (χ0n) is 16.4. The summed E-state index contributed by atoms with van der Waals surface area (Å²) in [6.45, 7) is 2.66. The van der Waals surface area contributed by atoms with Crippen LogP contribution in [0.4, 0.5) is 20.4 Å². The second-order valence-corrected chi connectivity index (χ2v) is 7.61.